The largest absolute Gasteiger partial charge is 0.480 e. The number of nitrogens with one attached hydrogen (secondary N) is 2. The van der Waals surface area contributed by atoms with Crippen LogP contribution in [0.1, 0.15) is 92.6 Å². The Morgan fingerprint density at radius 3 is 2.09 bits per heavy atom. The Balaban J connectivity index is 2.68. The molecule has 0 radical (unpaired) electrons. The van der Waals surface area contributed by atoms with E-state index in [-0.39, 0.29) is 25.2 Å². The molecule has 1 rings (SSSR count). The molecule has 0 aliphatic carbocycles. The molecule has 250 valence electrons. The van der Waals surface area contributed by atoms with Crippen molar-refractivity contribution in [1.82, 2.24) is 10.6 Å². The number of carboxylic acids is 1. The highest BCUT2D eigenvalue weighted by molar-refractivity contribution is 7.99. The van der Waals surface area contributed by atoms with E-state index in [9.17, 15) is 24.3 Å². The van der Waals surface area contributed by atoms with Gasteiger partial charge in [-0.15, -0.1) is 0 Å². The lowest BCUT2D eigenvalue weighted by Gasteiger charge is -2.24. The fraction of sp³-hybridized carbons (Fsp3) is 0.543. The van der Waals surface area contributed by atoms with Crippen molar-refractivity contribution in [2.45, 2.75) is 111 Å². The third-order valence-electron chi connectivity index (χ3n) is 6.46. The van der Waals surface area contributed by atoms with Gasteiger partial charge >= 0.3 is 18.0 Å². The number of allylic oxidation sites excluding steroid dienone is 5. The summed E-state index contributed by atoms with van der Waals surface area (Å²) < 4.78 is 10.6. The summed E-state index contributed by atoms with van der Waals surface area (Å²) in [6.45, 7) is 13.5. The molecule has 0 aliphatic rings. The number of carbonyl (C=O) groups excluding carboxylic acids is 3. The SMILES string of the molecule is CC(C)=CCC/C(C)=C/CC/C(C)=C/CSC[C@H](NC(=O)C(CCC(=O)OCc1ccccc1)NC(=O)OC(C)(C)C)C(=O)O. The predicted molar refractivity (Wildman–Crippen MR) is 181 cm³/mol. The van der Waals surface area contributed by atoms with E-state index in [2.05, 4.69) is 56.6 Å². The Bertz CT molecular complexity index is 1180. The number of esters is 1. The number of benzene rings is 1. The second-order valence-electron chi connectivity index (χ2n) is 12.3. The van der Waals surface area contributed by atoms with E-state index in [0.717, 1.165) is 31.2 Å². The third-order valence-corrected chi connectivity index (χ3v) is 7.43. The summed E-state index contributed by atoms with van der Waals surface area (Å²) in [6.07, 6.45) is 9.46. The average Bonchev–Trinajstić information content (AvgIpc) is 2.94. The molecule has 0 aromatic heterocycles. The van der Waals surface area contributed by atoms with Crippen molar-refractivity contribution in [2.75, 3.05) is 11.5 Å². The van der Waals surface area contributed by atoms with Crippen LogP contribution in [0, 0.1) is 0 Å². The maximum Gasteiger partial charge on any atom is 0.408 e. The highest BCUT2D eigenvalue weighted by Gasteiger charge is 2.29. The quantitative estimate of drug-likeness (QED) is 0.0824. The van der Waals surface area contributed by atoms with E-state index < -0.39 is 41.6 Å². The number of alkyl carbamates (subject to hydrolysis) is 1. The zero-order valence-electron chi connectivity index (χ0n) is 27.9. The van der Waals surface area contributed by atoms with Crippen molar-refractivity contribution in [3.05, 3.63) is 70.8 Å². The van der Waals surface area contributed by atoms with Gasteiger partial charge in [-0.05, 0) is 86.1 Å². The summed E-state index contributed by atoms with van der Waals surface area (Å²) in [5, 5.41) is 14.7. The summed E-state index contributed by atoms with van der Waals surface area (Å²) in [7, 11) is 0. The Morgan fingerprint density at radius 2 is 1.49 bits per heavy atom. The van der Waals surface area contributed by atoms with Crippen molar-refractivity contribution in [3.63, 3.8) is 0 Å². The molecule has 10 heteroatoms. The fourth-order valence-electron chi connectivity index (χ4n) is 3.96. The van der Waals surface area contributed by atoms with Crippen molar-refractivity contribution in [2.24, 2.45) is 0 Å². The number of carboxylic acid groups (broad SMARTS) is 1. The van der Waals surface area contributed by atoms with Crippen molar-refractivity contribution in [1.29, 1.82) is 0 Å². The number of hydrogen-bond donors (Lipinski definition) is 3. The molecule has 45 heavy (non-hydrogen) atoms. The van der Waals surface area contributed by atoms with Gasteiger partial charge in [0.25, 0.3) is 0 Å². The highest BCUT2D eigenvalue weighted by Crippen LogP contribution is 2.14. The highest BCUT2D eigenvalue weighted by atomic mass is 32.2. The molecule has 0 fully saturated rings. The van der Waals surface area contributed by atoms with Crippen molar-refractivity contribution < 1.29 is 33.8 Å². The number of thioether (sulfide) groups is 1. The van der Waals surface area contributed by atoms with E-state index in [4.69, 9.17) is 9.47 Å². The molecule has 2 atom stereocenters. The Labute approximate surface area is 273 Å². The van der Waals surface area contributed by atoms with E-state index in [1.165, 1.54) is 28.5 Å². The number of ether oxygens (including phenoxy) is 2. The number of rotatable bonds is 19. The van der Waals surface area contributed by atoms with Gasteiger partial charge in [0, 0.05) is 17.9 Å². The standard InChI is InChI=1S/C35H52N2O7S/c1-25(2)13-11-14-26(3)15-12-16-27(4)21-22-45-24-30(33(40)41)36-32(39)29(37-34(42)44-35(5,6)7)19-20-31(38)43-23-28-17-9-8-10-18-28/h8-10,13,15,17-18,21,29-30H,11-12,14,16,19-20,22-24H2,1-7H3,(H,36,39)(H,37,42)(H,40,41)/b26-15+,27-21+/t29?,30-/m0/s1. The third kappa shape index (κ3) is 20.2. The average molecular weight is 645 g/mol. The van der Waals surface area contributed by atoms with E-state index in [0.29, 0.717) is 5.75 Å². The van der Waals surface area contributed by atoms with Crippen LogP contribution in [0.5, 0.6) is 0 Å². The van der Waals surface area contributed by atoms with Gasteiger partial charge < -0.3 is 25.2 Å². The maximum absolute atomic E-state index is 13.1. The zero-order chi connectivity index (χ0) is 33.8. The first kappa shape index (κ1) is 39.5. The van der Waals surface area contributed by atoms with Gasteiger partial charge in [-0.1, -0.05) is 65.3 Å². The van der Waals surface area contributed by atoms with Crippen LogP contribution in [0.2, 0.25) is 0 Å². The second-order valence-corrected chi connectivity index (χ2v) is 13.4. The number of amides is 2. The van der Waals surface area contributed by atoms with E-state index in [1.54, 1.807) is 20.8 Å². The molecular weight excluding hydrogens is 592 g/mol. The fourth-order valence-corrected chi connectivity index (χ4v) is 4.96. The first-order valence-corrected chi connectivity index (χ1v) is 16.6. The maximum atomic E-state index is 13.1. The first-order chi connectivity index (χ1) is 21.2. The monoisotopic (exact) mass is 644 g/mol. The van der Waals surface area contributed by atoms with Gasteiger partial charge in [-0.3, -0.25) is 9.59 Å². The van der Waals surface area contributed by atoms with Crippen LogP contribution < -0.4 is 10.6 Å². The number of hydrogen-bond acceptors (Lipinski definition) is 7. The normalized spacial score (nSPS) is 13.3. The summed E-state index contributed by atoms with van der Waals surface area (Å²) in [4.78, 5) is 49.9. The minimum atomic E-state index is -1.20. The van der Waals surface area contributed by atoms with E-state index >= 15 is 0 Å². The molecular formula is C35H52N2O7S. The van der Waals surface area contributed by atoms with Crippen LogP contribution in [0.25, 0.3) is 0 Å². The molecule has 0 spiro atoms. The summed E-state index contributed by atoms with van der Waals surface area (Å²) in [5.74, 6) is -1.73. The van der Waals surface area contributed by atoms with Crippen LogP contribution in [0.15, 0.2) is 65.3 Å². The van der Waals surface area contributed by atoms with Crippen LogP contribution in [0.3, 0.4) is 0 Å². The van der Waals surface area contributed by atoms with Crippen LogP contribution >= 0.6 is 11.8 Å². The van der Waals surface area contributed by atoms with Gasteiger partial charge in [-0.2, -0.15) is 11.8 Å². The lowest BCUT2D eigenvalue weighted by Crippen LogP contribution is -2.53. The molecule has 0 heterocycles. The molecule has 2 amide bonds. The molecule has 1 unspecified atom stereocenters. The summed E-state index contributed by atoms with van der Waals surface area (Å²) in [5.41, 5.74) is 3.92. The summed E-state index contributed by atoms with van der Waals surface area (Å²) in [6, 6.07) is 6.78. The lowest BCUT2D eigenvalue weighted by atomic mass is 10.1. The molecule has 0 aliphatic heterocycles. The van der Waals surface area contributed by atoms with Gasteiger partial charge in [0.15, 0.2) is 0 Å². The summed E-state index contributed by atoms with van der Waals surface area (Å²) >= 11 is 1.39. The van der Waals surface area contributed by atoms with E-state index in [1.807, 2.05) is 30.3 Å². The molecule has 0 bridgehead atoms. The number of carbonyl (C=O) groups is 4. The van der Waals surface area contributed by atoms with Crippen LogP contribution in [-0.2, 0) is 30.5 Å². The molecule has 0 saturated carbocycles. The lowest BCUT2D eigenvalue weighted by molar-refractivity contribution is -0.145. The van der Waals surface area contributed by atoms with Crippen LogP contribution in [-0.4, -0.2) is 58.2 Å². The molecule has 3 N–H and O–H groups in total. The Kier molecular flexibility index (Phi) is 18.6. The van der Waals surface area contributed by atoms with Crippen molar-refractivity contribution >= 4 is 35.7 Å². The zero-order valence-corrected chi connectivity index (χ0v) is 28.8. The molecule has 9 nitrogen and oxygen atoms in total. The molecule has 1 aromatic carbocycles. The number of aliphatic carboxylic acids is 1. The van der Waals surface area contributed by atoms with Gasteiger partial charge in [0.05, 0.1) is 0 Å². The van der Waals surface area contributed by atoms with Crippen molar-refractivity contribution in [3.8, 4) is 0 Å². The Morgan fingerprint density at radius 1 is 0.867 bits per heavy atom. The minimum absolute atomic E-state index is 0.0786. The predicted octanol–water partition coefficient (Wildman–Crippen LogP) is 7.13. The van der Waals surface area contributed by atoms with Gasteiger partial charge in [0.2, 0.25) is 5.91 Å². The van der Waals surface area contributed by atoms with Gasteiger partial charge in [0.1, 0.15) is 24.3 Å². The van der Waals surface area contributed by atoms with Crippen LogP contribution in [0.4, 0.5) is 4.79 Å². The second kappa shape index (κ2) is 21.2. The Hall–Kier alpha value is -3.53. The topological polar surface area (TPSA) is 131 Å². The minimum Gasteiger partial charge on any atom is -0.480 e. The van der Waals surface area contributed by atoms with Gasteiger partial charge in [-0.25, -0.2) is 9.59 Å². The first-order valence-electron chi connectivity index (χ1n) is 15.4. The molecule has 0 saturated heterocycles. The smallest absolute Gasteiger partial charge is 0.408 e. The molecule has 1 aromatic rings.